The molecule has 1 saturated carbocycles. The molecule has 16 heavy (non-hydrogen) atoms. The van der Waals surface area contributed by atoms with E-state index in [4.69, 9.17) is 5.73 Å². The Labute approximate surface area is 101 Å². The number of piperidine rings is 1. The van der Waals surface area contributed by atoms with Crippen LogP contribution in [0.15, 0.2) is 0 Å². The Morgan fingerprint density at radius 3 is 2.62 bits per heavy atom. The van der Waals surface area contributed by atoms with E-state index in [1.807, 2.05) is 0 Å². The van der Waals surface area contributed by atoms with Crippen molar-refractivity contribution in [2.45, 2.75) is 58.4 Å². The molecular weight excluding hydrogens is 196 g/mol. The van der Waals surface area contributed by atoms with E-state index in [-0.39, 0.29) is 5.54 Å². The molecular formula is C14H28N2. The molecule has 2 aliphatic rings. The summed E-state index contributed by atoms with van der Waals surface area (Å²) in [5.74, 6) is 0.905. The van der Waals surface area contributed by atoms with Crippen LogP contribution < -0.4 is 5.73 Å². The molecule has 1 aliphatic carbocycles. The molecule has 0 spiro atoms. The van der Waals surface area contributed by atoms with Gasteiger partial charge in [0.25, 0.3) is 0 Å². The summed E-state index contributed by atoms with van der Waals surface area (Å²) in [6, 6.07) is 0. The Kier molecular flexibility index (Phi) is 3.33. The van der Waals surface area contributed by atoms with E-state index in [0.717, 1.165) is 12.5 Å². The molecule has 1 saturated heterocycles. The molecule has 0 radical (unpaired) electrons. The van der Waals surface area contributed by atoms with Gasteiger partial charge in [-0.3, -0.25) is 4.90 Å². The summed E-state index contributed by atoms with van der Waals surface area (Å²) >= 11 is 0. The number of nitrogens with two attached hydrogens (primary N) is 1. The molecule has 0 aromatic carbocycles. The van der Waals surface area contributed by atoms with E-state index < -0.39 is 0 Å². The van der Waals surface area contributed by atoms with Crippen LogP contribution in [0.1, 0.15) is 52.9 Å². The van der Waals surface area contributed by atoms with Crippen LogP contribution in [-0.4, -0.2) is 30.1 Å². The standard InChI is InChI=1S/C14H28N2/c1-4-12-6-5-9-16(10-12)14(3,11-15)13(2)7-8-13/h12H,4-11,15H2,1-3H3. The van der Waals surface area contributed by atoms with Gasteiger partial charge in [0.1, 0.15) is 0 Å². The summed E-state index contributed by atoms with van der Waals surface area (Å²) in [7, 11) is 0. The van der Waals surface area contributed by atoms with Gasteiger partial charge >= 0.3 is 0 Å². The maximum Gasteiger partial charge on any atom is 0.0357 e. The van der Waals surface area contributed by atoms with Gasteiger partial charge in [0.2, 0.25) is 0 Å². The monoisotopic (exact) mass is 224 g/mol. The number of hydrogen-bond donors (Lipinski definition) is 1. The lowest BCUT2D eigenvalue weighted by Gasteiger charge is -2.49. The molecule has 2 nitrogen and oxygen atoms in total. The van der Waals surface area contributed by atoms with Gasteiger partial charge in [0.05, 0.1) is 0 Å². The lowest BCUT2D eigenvalue weighted by molar-refractivity contribution is 0.0114. The number of nitrogens with zero attached hydrogens (tertiary/aromatic N) is 1. The molecule has 94 valence electrons. The Morgan fingerprint density at radius 2 is 2.12 bits per heavy atom. The highest BCUT2D eigenvalue weighted by Gasteiger charge is 2.55. The molecule has 2 N–H and O–H groups in total. The first-order valence-electron chi connectivity index (χ1n) is 7.01. The van der Waals surface area contributed by atoms with E-state index in [1.165, 1.54) is 45.2 Å². The summed E-state index contributed by atoms with van der Waals surface area (Å²) in [6.07, 6.45) is 6.85. The summed E-state index contributed by atoms with van der Waals surface area (Å²) in [5, 5.41) is 0. The van der Waals surface area contributed by atoms with E-state index in [9.17, 15) is 0 Å². The van der Waals surface area contributed by atoms with Crippen molar-refractivity contribution in [3.8, 4) is 0 Å². The van der Waals surface area contributed by atoms with Gasteiger partial charge in [-0.05, 0) is 50.5 Å². The topological polar surface area (TPSA) is 29.3 Å². The molecule has 0 aromatic heterocycles. The summed E-state index contributed by atoms with van der Waals surface area (Å²) in [6.45, 7) is 10.5. The van der Waals surface area contributed by atoms with Crippen LogP contribution in [0.5, 0.6) is 0 Å². The highest BCUT2D eigenvalue weighted by molar-refractivity contribution is 5.10. The molecule has 2 atom stereocenters. The smallest absolute Gasteiger partial charge is 0.0357 e. The highest BCUT2D eigenvalue weighted by atomic mass is 15.2. The number of rotatable bonds is 4. The van der Waals surface area contributed by atoms with E-state index in [0.29, 0.717) is 5.41 Å². The van der Waals surface area contributed by atoms with Crippen LogP contribution in [0.4, 0.5) is 0 Å². The molecule has 2 heteroatoms. The zero-order chi connectivity index (χ0) is 11.8. The van der Waals surface area contributed by atoms with Crippen LogP contribution in [0.3, 0.4) is 0 Å². The van der Waals surface area contributed by atoms with Gasteiger partial charge in [0.15, 0.2) is 0 Å². The van der Waals surface area contributed by atoms with Crippen molar-refractivity contribution in [3.05, 3.63) is 0 Å². The average molecular weight is 224 g/mol. The average Bonchev–Trinajstić information content (AvgIpc) is 3.08. The number of likely N-dealkylation sites (tertiary alicyclic amines) is 1. The fourth-order valence-corrected chi connectivity index (χ4v) is 3.33. The lowest BCUT2D eigenvalue weighted by atomic mass is 9.79. The first kappa shape index (κ1) is 12.4. The van der Waals surface area contributed by atoms with Crippen molar-refractivity contribution >= 4 is 0 Å². The van der Waals surface area contributed by atoms with E-state index in [2.05, 4.69) is 25.7 Å². The van der Waals surface area contributed by atoms with Crippen LogP contribution in [0.2, 0.25) is 0 Å². The van der Waals surface area contributed by atoms with Gasteiger partial charge in [-0.25, -0.2) is 0 Å². The molecule has 2 rings (SSSR count). The molecule has 0 amide bonds. The molecule has 1 aliphatic heterocycles. The van der Waals surface area contributed by atoms with Gasteiger partial charge in [-0.1, -0.05) is 20.3 Å². The summed E-state index contributed by atoms with van der Waals surface area (Å²) < 4.78 is 0. The predicted octanol–water partition coefficient (Wildman–Crippen LogP) is 2.63. The quantitative estimate of drug-likeness (QED) is 0.795. The van der Waals surface area contributed by atoms with Gasteiger partial charge in [-0.2, -0.15) is 0 Å². The lowest BCUT2D eigenvalue weighted by Crippen LogP contribution is -2.59. The second-order valence-electron chi connectivity index (χ2n) is 6.40. The van der Waals surface area contributed by atoms with Crippen molar-refractivity contribution in [2.75, 3.05) is 19.6 Å². The van der Waals surface area contributed by atoms with E-state index >= 15 is 0 Å². The van der Waals surface area contributed by atoms with Crippen molar-refractivity contribution in [1.29, 1.82) is 0 Å². The van der Waals surface area contributed by atoms with Crippen molar-refractivity contribution in [2.24, 2.45) is 17.1 Å². The fraction of sp³-hybridized carbons (Fsp3) is 1.00. The van der Waals surface area contributed by atoms with Crippen molar-refractivity contribution in [1.82, 2.24) is 4.90 Å². The minimum atomic E-state index is 0.251. The Balaban J connectivity index is 2.09. The van der Waals surface area contributed by atoms with Crippen LogP contribution in [0, 0.1) is 11.3 Å². The highest BCUT2D eigenvalue weighted by Crippen LogP contribution is 2.56. The Bertz CT molecular complexity index is 247. The van der Waals surface area contributed by atoms with Gasteiger partial charge in [0, 0.05) is 18.6 Å². The molecule has 2 fully saturated rings. The minimum Gasteiger partial charge on any atom is -0.329 e. The van der Waals surface area contributed by atoms with Crippen molar-refractivity contribution < 1.29 is 0 Å². The third-order valence-corrected chi connectivity index (χ3v) is 5.49. The maximum absolute atomic E-state index is 6.11. The molecule has 0 aromatic rings. The Hall–Kier alpha value is -0.0800. The zero-order valence-electron chi connectivity index (χ0n) is 11.3. The number of hydrogen-bond acceptors (Lipinski definition) is 2. The van der Waals surface area contributed by atoms with E-state index in [1.54, 1.807) is 0 Å². The summed E-state index contributed by atoms with van der Waals surface area (Å²) in [5.41, 5.74) is 6.86. The summed E-state index contributed by atoms with van der Waals surface area (Å²) in [4.78, 5) is 2.71. The van der Waals surface area contributed by atoms with Crippen LogP contribution in [-0.2, 0) is 0 Å². The zero-order valence-corrected chi connectivity index (χ0v) is 11.3. The second kappa shape index (κ2) is 4.30. The molecule has 0 bridgehead atoms. The normalized spacial score (nSPS) is 33.4. The van der Waals surface area contributed by atoms with Crippen LogP contribution >= 0.6 is 0 Å². The Morgan fingerprint density at radius 1 is 1.44 bits per heavy atom. The second-order valence-corrected chi connectivity index (χ2v) is 6.40. The van der Waals surface area contributed by atoms with Gasteiger partial charge < -0.3 is 5.73 Å². The minimum absolute atomic E-state index is 0.251. The first-order chi connectivity index (χ1) is 7.55. The molecule has 2 unspecified atom stereocenters. The van der Waals surface area contributed by atoms with Gasteiger partial charge in [-0.15, -0.1) is 0 Å². The van der Waals surface area contributed by atoms with Crippen molar-refractivity contribution in [3.63, 3.8) is 0 Å². The van der Waals surface area contributed by atoms with Crippen LogP contribution in [0.25, 0.3) is 0 Å². The maximum atomic E-state index is 6.11. The predicted molar refractivity (Wildman–Crippen MR) is 69.4 cm³/mol. The fourth-order valence-electron chi connectivity index (χ4n) is 3.33. The third-order valence-electron chi connectivity index (χ3n) is 5.49. The molecule has 1 heterocycles. The first-order valence-corrected chi connectivity index (χ1v) is 7.01. The largest absolute Gasteiger partial charge is 0.329 e. The SMILES string of the molecule is CCC1CCCN(C(C)(CN)C2(C)CC2)C1. The third kappa shape index (κ3) is 1.91.